The van der Waals surface area contributed by atoms with Gasteiger partial charge in [-0.05, 0) is 235 Å². The summed E-state index contributed by atoms with van der Waals surface area (Å²) in [7, 11) is 0. The zero-order valence-electron chi connectivity index (χ0n) is 18.2. The molecular weight excluding hydrogens is 1450 g/mol. The Bertz CT molecular complexity index is 1410. The summed E-state index contributed by atoms with van der Waals surface area (Å²) in [6.45, 7) is 0. The Morgan fingerprint density at radius 1 is 0.450 bits per heavy atom. The summed E-state index contributed by atoms with van der Waals surface area (Å²) in [5.74, 6) is -1.34. The minimum absolute atomic E-state index is 0.144. The first-order valence-electron chi connectivity index (χ1n) is 9.72. The number of halogens is 14. The summed E-state index contributed by atoms with van der Waals surface area (Å²) in [6, 6.07) is 3.61. The van der Waals surface area contributed by atoms with Crippen LogP contribution in [0.4, 0.5) is 0 Å². The Morgan fingerprint density at radius 3 is 1.00 bits per heavy atom. The maximum absolute atomic E-state index is 13.4. The van der Waals surface area contributed by atoms with Gasteiger partial charge in [-0.1, -0.05) is 0 Å². The van der Waals surface area contributed by atoms with E-state index < -0.39 is 22.0 Å². The second kappa shape index (κ2) is 15.9. The molecule has 0 spiro atoms. The molecule has 0 saturated carbocycles. The van der Waals surface area contributed by atoms with Crippen molar-refractivity contribution in [2.24, 2.45) is 0 Å². The van der Waals surface area contributed by atoms with Crippen molar-refractivity contribution >= 4 is 235 Å². The van der Waals surface area contributed by atoms with E-state index in [1.807, 2.05) is 0 Å². The second-order valence-electron chi connectivity index (χ2n) is 7.23. The molecule has 3 aromatic rings. The highest BCUT2D eigenvalue weighted by Crippen LogP contribution is 2.47. The van der Waals surface area contributed by atoms with Crippen LogP contribution in [0.2, 0.25) is 0 Å². The zero-order valence-corrected chi connectivity index (χ0v) is 40.4. The van der Waals surface area contributed by atoms with Gasteiger partial charge >= 0.3 is 11.9 Å². The van der Waals surface area contributed by atoms with Gasteiger partial charge in [0.2, 0.25) is 0 Å². The molecule has 3 rings (SSSR count). The average Bonchev–Trinajstić information content (AvgIpc) is 2.89. The number of alkyl halides is 2. The number of carbonyl (C=O) groups is 2. The van der Waals surface area contributed by atoms with Crippen molar-refractivity contribution in [3.8, 4) is 0 Å². The van der Waals surface area contributed by atoms with Crippen LogP contribution in [0.25, 0.3) is 0 Å². The molecule has 2 unspecified atom stereocenters. The van der Waals surface area contributed by atoms with Crippen LogP contribution >= 0.6 is 223 Å². The monoisotopic (exact) mass is 1440 g/mol. The van der Waals surface area contributed by atoms with Gasteiger partial charge in [0.25, 0.3) is 0 Å². The van der Waals surface area contributed by atoms with E-state index >= 15 is 0 Å². The number of carbonyl (C=O) groups excluding carboxylic acids is 2. The van der Waals surface area contributed by atoms with Crippen LogP contribution in [0.15, 0.2) is 65.8 Å². The maximum atomic E-state index is 13.4. The van der Waals surface area contributed by atoms with E-state index in [1.54, 1.807) is 12.1 Å². The number of hydrogen-bond donors (Lipinski definition) is 0. The first kappa shape index (κ1) is 37.8. The topological polar surface area (TPSA) is 52.6 Å². The number of hydrogen-bond acceptors (Lipinski definition) is 4. The van der Waals surface area contributed by atoms with Crippen LogP contribution in [0, 0.1) is 0 Å². The van der Waals surface area contributed by atoms with E-state index in [2.05, 4.69) is 223 Å². The van der Waals surface area contributed by atoms with Crippen LogP contribution < -0.4 is 0 Å². The number of esters is 2. The third-order valence-corrected chi connectivity index (χ3v) is 19.8. The molecule has 0 aliphatic rings. The molecule has 0 N–H and O–H groups in total. The SMILES string of the molecule is O=C(OC(Br)c1cc(Br)c(Br)c(Br)c1Br)c1c(Br)c(Br)c(C(=O)OC(Br)c2cc(Br)c(Br)c(Br)c2Br)c(Br)c1Br. The fourth-order valence-electron chi connectivity index (χ4n) is 2.94. The summed E-state index contributed by atoms with van der Waals surface area (Å²) < 4.78 is 18.6. The summed E-state index contributed by atoms with van der Waals surface area (Å²) in [5, 5.41) is -1.62. The molecule has 0 bridgehead atoms. The lowest BCUT2D eigenvalue weighted by molar-refractivity contribution is 0.0448. The Balaban J connectivity index is 1.94. The molecule has 0 aromatic heterocycles. The lowest BCUT2D eigenvalue weighted by Gasteiger charge is -2.20. The fourth-order valence-corrected chi connectivity index (χ4v) is 11.9. The van der Waals surface area contributed by atoms with Crippen molar-refractivity contribution in [1.29, 1.82) is 0 Å². The molecule has 0 aliphatic carbocycles. The van der Waals surface area contributed by atoms with Crippen molar-refractivity contribution < 1.29 is 19.1 Å². The summed E-state index contributed by atoms with van der Waals surface area (Å²) in [5.41, 5.74) is 1.60. The van der Waals surface area contributed by atoms with E-state index in [9.17, 15) is 9.59 Å². The van der Waals surface area contributed by atoms with Gasteiger partial charge in [-0.2, -0.15) is 0 Å². The first-order valence-corrected chi connectivity index (χ1v) is 21.1. The van der Waals surface area contributed by atoms with Crippen LogP contribution in [0.3, 0.4) is 0 Å². The predicted molar refractivity (Wildman–Crippen MR) is 206 cm³/mol. The van der Waals surface area contributed by atoms with Gasteiger partial charge in [0.15, 0.2) is 10.0 Å². The average molecular weight is 1450 g/mol. The lowest BCUT2D eigenvalue weighted by atomic mass is 10.1. The van der Waals surface area contributed by atoms with E-state index in [0.717, 1.165) is 26.8 Å². The van der Waals surface area contributed by atoms with Gasteiger partial charge in [0.05, 0.1) is 11.1 Å². The fraction of sp³-hybridized carbons (Fsp3) is 0.0909. The Hall–Kier alpha value is 3.32. The highest BCUT2D eigenvalue weighted by molar-refractivity contribution is 9.16. The van der Waals surface area contributed by atoms with Gasteiger partial charge in [0.1, 0.15) is 0 Å². The van der Waals surface area contributed by atoms with Crippen molar-refractivity contribution in [1.82, 2.24) is 0 Å². The van der Waals surface area contributed by atoms with Crippen LogP contribution in [0.1, 0.15) is 41.9 Å². The van der Waals surface area contributed by atoms with Crippen molar-refractivity contribution in [2.45, 2.75) is 10.0 Å². The molecule has 0 aliphatic heterocycles. The largest absolute Gasteiger partial charge is 0.442 e. The van der Waals surface area contributed by atoms with E-state index in [1.165, 1.54) is 0 Å². The summed E-state index contributed by atoms with van der Waals surface area (Å²) >= 11 is 48.6. The number of ether oxygens (including phenoxy) is 2. The van der Waals surface area contributed by atoms with Crippen molar-refractivity contribution in [3.63, 3.8) is 0 Å². The first-order chi connectivity index (χ1) is 18.5. The van der Waals surface area contributed by atoms with E-state index in [4.69, 9.17) is 9.47 Å². The standard InChI is InChI=1S/C22H4Br14O4/c23-5-1-3(9(25)17(33)11(5)27)19(35)39-21(37)7-13(29)15(31)8(16(32)14(7)30)22(38)40-20(36)4-2-6(24)12(28)18(34)10(4)26/h1-2,19-20H. The smallest absolute Gasteiger partial charge is 0.341 e. The molecule has 3 aromatic carbocycles. The van der Waals surface area contributed by atoms with Gasteiger partial charge in [-0.15, -0.1) is 0 Å². The van der Waals surface area contributed by atoms with Crippen LogP contribution in [-0.2, 0) is 9.47 Å². The molecule has 0 amide bonds. The molecule has 18 heteroatoms. The molecule has 40 heavy (non-hydrogen) atoms. The predicted octanol–water partition coefficient (Wildman–Crippen LogP) is 15.3. The molecule has 0 radical (unpaired) electrons. The van der Waals surface area contributed by atoms with Crippen molar-refractivity contribution in [3.05, 3.63) is 88.1 Å². The highest BCUT2D eigenvalue weighted by atomic mass is 79.9. The third kappa shape index (κ3) is 8.06. The van der Waals surface area contributed by atoms with Gasteiger partial charge in [-0.3, -0.25) is 0 Å². The third-order valence-electron chi connectivity index (χ3n) is 4.84. The Morgan fingerprint density at radius 2 is 0.725 bits per heavy atom. The van der Waals surface area contributed by atoms with E-state index in [0.29, 0.717) is 20.1 Å². The van der Waals surface area contributed by atoms with E-state index in [-0.39, 0.29) is 29.0 Å². The summed E-state index contributed by atoms with van der Waals surface area (Å²) in [6.07, 6.45) is 0. The minimum atomic E-state index is -0.812. The second-order valence-corrected chi connectivity index (χ2v) is 18.5. The van der Waals surface area contributed by atoms with Crippen LogP contribution in [0.5, 0.6) is 0 Å². The van der Waals surface area contributed by atoms with Gasteiger partial charge < -0.3 is 9.47 Å². The van der Waals surface area contributed by atoms with Gasteiger partial charge in [-0.25, -0.2) is 9.59 Å². The molecule has 214 valence electrons. The normalized spacial score (nSPS) is 12.8. The molecule has 0 heterocycles. The van der Waals surface area contributed by atoms with Crippen molar-refractivity contribution in [2.75, 3.05) is 0 Å². The van der Waals surface area contributed by atoms with Gasteiger partial charge in [0, 0.05) is 64.8 Å². The molecule has 0 fully saturated rings. The summed E-state index contributed by atoms with van der Waals surface area (Å²) in [4.78, 5) is 26.7. The Labute approximate surface area is 346 Å². The molecule has 2 atom stereocenters. The maximum Gasteiger partial charge on any atom is 0.341 e. The Kier molecular flexibility index (Phi) is 15.1. The highest BCUT2D eigenvalue weighted by Gasteiger charge is 2.32. The number of rotatable bonds is 6. The number of benzene rings is 3. The van der Waals surface area contributed by atoms with Crippen LogP contribution in [-0.4, -0.2) is 11.9 Å². The minimum Gasteiger partial charge on any atom is -0.442 e. The molecule has 4 nitrogen and oxygen atoms in total. The quantitative estimate of drug-likeness (QED) is 0.107. The zero-order chi connectivity index (χ0) is 30.4. The molecular formula is C22H4Br14O4. The molecule has 0 saturated heterocycles. The lowest BCUT2D eigenvalue weighted by Crippen LogP contribution is -2.14.